The van der Waals surface area contributed by atoms with Gasteiger partial charge in [-0.05, 0) is 49.5 Å². The summed E-state index contributed by atoms with van der Waals surface area (Å²) in [7, 11) is 0. The van der Waals surface area contributed by atoms with Gasteiger partial charge in [-0.25, -0.2) is 4.79 Å². The fourth-order valence-corrected chi connectivity index (χ4v) is 2.70. The van der Waals surface area contributed by atoms with Crippen LogP contribution in [0.5, 0.6) is 0 Å². The first-order valence-electron chi connectivity index (χ1n) is 6.24. The number of nitrogens with zero attached hydrogens (tertiary/aromatic N) is 2. The monoisotopic (exact) mass is 318 g/mol. The summed E-state index contributed by atoms with van der Waals surface area (Å²) < 4.78 is 6.23. The normalized spacial score (nSPS) is 28.0. The smallest absolute Gasteiger partial charge is 0.410 e. The van der Waals surface area contributed by atoms with Gasteiger partial charge in [0.05, 0.1) is 6.04 Å². The number of carbonyl (C=O) groups is 1. The highest BCUT2D eigenvalue weighted by molar-refractivity contribution is 9.18. The molecule has 0 radical (unpaired) electrons. The lowest BCUT2D eigenvalue weighted by molar-refractivity contribution is -0.00793. The van der Waals surface area contributed by atoms with Gasteiger partial charge in [0.2, 0.25) is 0 Å². The zero-order chi connectivity index (χ0) is 13.3. The Kier molecular flexibility index (Phi) is 3.84. The van der Waals surface area contributed by atoms with E-state index in [0.29, 0.717) is 0 Å². The Morgan fingerprint density at radius 3 is 2.83 bits per heavy atom. The fourth-order valence-electron chi connectivity index (χ4n) is 2.30. The SMILES string of the molecule is CC(C)(C)OC(=O)N1CCC[C@H]1C1CC(Br)=NO1. The molecule has 0 bridgehead atoms. The third-order valence-electron chi connectivity index (χ3n) is 3.01. The van der Waals surface area contributed by atoms with Gasteiger partial charge in [-0.3, -0.25) is 0 Å². The van der Waals surface area contributed by atoms with Crippen LogP contribution in [0.2, 0.25) is 0 Å². The maximum absolute atomic E-state index is 12.1. The number of likely N-dealkylation sites (tertiary alicyclic amines) is 1. The molecular formula is C12H19BrN2O3. The maximum atomic E-state index is 12.1. The van der Waals surface area contributed by atoms with E-state index in [4.69, 9.17) is 9.57 Å². The molecule has 0 spiro atoms. The molecule has 5 nitrogen and oxygen atoms in total. The predicted octanol–water partition coefficient (Wildman–Crippen LogP) is 2.88. The summed E-state index contributed by atoms with van der Waals surface area (Å²) >= 11 is 3.32. The van der Waals surface area contributed by atoms with Crippen LogP contribution in [0.25, 0.3) is 0 Å². The number of carbonyl (C=O) groups excluding carboxylic acids is 1. The third-order valence-corrected chi connectivity index (χ3v) is 3.48. The molecule has 0 saturated carbocycles. The number of halogens is 1. The average molecular weight is 319 g/mol. The molecule has 0 aromatic rings. The van der Waals surface area contributed by atoms with Gasteiger partial charge in [0, 0.05) is 13.0 Å². The number of hydrogen-bond acceptors (Lipinski definition) is 4. The van der Waals surface area contributed by atoms with Crippen LogP contribution in [0.4, 0.5) is 4.79 Å². The van der Waals surface area contributed by atoms with E-state index >= 15 is 0 Å². The Morgan fingerprint density at radius 2 is 2.28 bits per heavy atom. The van der Waals surface area contributed by atoms with Gasteiger partial charge in [-0.2, -0.15) is 0 Å². The van der Waals surface area contributed by atoms with E-state index < -0.39 is 5.60 Å². The highest BCUT2D eigenvalue weighted by atomic mass is 79.9. The van der Waals surface area contributed by atoms with Gasteiger partial charge in [0.15, 0.2) is 6.10 Å². The van der Waals surface area contributed by atoms with Crippen molar-refractivity contribution in [2.45, 2.75) is 57.8 Å². The van der Waals surface area contributed by atoms with E-state index in [-0.39, 0.29) is 18.2 Å². The van der Waals surface area contributed by atoms with Gasteiger partial charge in [0.25, 0.3) is 0 Å². The molecule has 2 aliphatic heterocycles. The first kappa shape index (κ1) is 13.6. The van der Waals surface area contributed by atoms with E-state index in [1.807, 2.05) is 20.8 Å². The average Bonchev–Trinajstić information content (AvgIpc) is 2.81. The van der Waals surface area contributed by atoms with Crippen molar-refractivity contribution in [2.24, 2.45) is 5.16 Å². The Hall–Kier alpha value is -0.780. The summed E-state index contributed by atoms with van der Waals surface area (Å²) in [4.78, 5) is 19.2. The Morgan fingerprint density at radius 1 is 1.56 bits per heavy atom. The Balaban J connectivity index is 1.97. The highest BCUT2D eigenvalue weighted by Gasteiger charge is 2.40. The molecule has 1 amide bonds. The minimum atomic E-state index is -0.460. The minimum absolute atomic E-state index is 0.0469. The van der Waals surface area contributed by atoms with Crippen molar-refractivity contribution in [1.29, 1.82) is 0 Å². The van der Waals surface area contributed by atoms with E-state index in [0.717, 1.165) is 30.4 Å². The van der Waals surface area contributed by atoms with E-state index in [1.54, 1.807) is 4.90 Å². The topological polar surface area (TPSA) is 51.1 Å². The largest absolute Gasteiger partial charge is 0.444 e. The molecule has 18 heavy (non-hydrogen) atoms. The summed E-state index contributed by atoms with van der Waals surface area (Å²) in [5, 5.41) is 3.89. The molecule has 0 N–H and O–H groups in total. The van der Waals surface area contributed by atoms with E-state index in [1.165, 1.54) is 0 Å². The molecular weight excluding hydrogens is 300 g/mol. The summed E-state index contributed by atoms with van der Waals surface area (Å²) in [6.07, 6.45) is 2.36. The standard InChI is InChI=1S/C12H19BrN2O3/c1-12(2,3)17-11(16)15-6-4-5-8(15)9-7-10(13)14-18-9/h8-9H,4-7H2,1-3H3/t8-,9?/m0/s1. The number of hydrogen-bond donors (Lipinski definition) is 0. The van der Waals surface area contributed by atoms with Crippen LogP contribution in [0, 0.1) is 0 Å². The summed E-state index contributed by atoms with van der Waals surface area (Å²) in [6.45, 7) is 6.36. The van der Waals surface area contributed by atoms with Gasteiger partial charge in [-0.15, -0.1) is 0 Å². The zero-order valence-corrected chi connectivity index (χ0v) is 12.6. The molecule has 1 fully saturated rings. The molecule has 2 rings (SSSR count). The molecule has 102 valence electrons. The van der Waals surface area contributed by atoms with Crippen molar-refractivity contribution in [3.05, 3.63) is 0 Å². The second-order valence-corrected chi connectivity index (χ2v) is 6.61. The number of oxime groups is 1. The van der Waals surface area contributed by atoms with Gasteiger partial charge in [-0.1, -0.05) is 5.16 Å². The van der Waals surface area contributed by atoms with E-state index in [2.05, 4.69) is 21.1 Å². The van der Waals surface area contributed by atoms with Crippen molar-refractivity contribution in [2.75, 3.05) is 6.54 Å². The van der Waals surface area contributed by atoms with Gasteiger partial charge >= 0.3 is 6.09 Å². The van der Waals surface area contributed by atoms with Crippen molar-refractivity contribution in [3.63, 3.8) is 0 Å². The first-order valence-corrected chi connectivity index (χ1v) is 7.04. The highest BCUT2D eigenvalue weighted by Crippen LogP contribution is 2.29. The summed E-state index contributed by atoms with van der Waals surface area (Å²) in [5.74, 6) is 0. The molecule has 1 unspecified atom stereocenters. The third kappa shape index (κ3) is 3.16. The van der Waals surface area contributed by atoms with Crippen molar-refractivity contribution < 1.29 is 14.4 Å². The van der Waals surface area contributed by atoms with Crippen LogP contribution in [0.15, 0.2) is 5.16 Å². The maximum Gasteiger partial charge on any atom is 0.410 e. The quantitative estimate of drug-likeness (QED) is 0.747. The van der Waals surface area contributed by atoms with Crippen LogP contribution in [-0.2, 0) is 9.57 Å². The molecule has 2 aliphatic rings. The van der Waals surface area contributed by atoms with Gasteiger partial charge in [0.1, 0.15) is 10.2 Å². The van der Waals surface area contributed by atoms with Gasteiger partial charge < -0.3 is 14.5 Å². The van der Waals surface area contributed by atoms with Crippen molar-refractivity contribution >= 4 is 26.6 Å². The van der Waals surface area contributed by atoms with Crippen LogP contribution in [-0.4, -0.2) is 39.9 Å². The molecule has 0 aromatic carbocycles. The first-order chi connectivity index (χ1) is 8.37. The van der Waals surface area contributed by atoms with E-state index in [9.17, 15) is 4.79 Å². The van der Waals surface area contributed by atoms with Crippen LogP contribution >= 0.6 is 15.9 Å². The fraction of sp³-hybridized carbons (Fsp3) is 0.833. The molecule has 2 atom stereocenters. The molecule has 6 heteroatoms. The Labute approximate surface area is 116 Å². The van der Waals surface area contributed by atoms with Crippen LogP contribution < -0.4 is 0 Å². The van der Waals surface area contributed by atoms with Crippen LogP contribution in [0.1, 0.15) is 40.0 Å². The lowest BCUT2D eigenvalue weighted by Gasteiger charge is -2.30. The second kappa shape index (κ2) is 5.07. The minimum Gasteiger partial charge on any atom is -0.444 e. The second-order valence-electron chi connectivity index (χ2n) is 5.70. The number of amides is 1. The summed E-state index contributed by atoms with van der Waals surface area (Å²) in [5.41, 5.74) is -0.460. The van der Waals surface area contributed by atoms with Crippen molar-refractivity contribution in [3.8, 4) is 0 Å². The van der Waals surface area contributed by atoms with Crippen molar-refractivity contribution in [1.82, 2.24) is 4.90 Å². The number of ether oxygens (including phenoxy) is 1. The molecule has 1 saturated heterocycles. The van der Waals surface area contributed by atoms with Crippen LogP contribution in [0.3, 0.4) is 0 Å². The summed E-state index contributed by atoms with van der Waals surface area (Å²) in [6, 6.07) is 0.0682. The lowest BCUT2D eigenvalue weighted by atomic mass is 10.1. The predicted molar refractivity (Wildman–Crippen MR) is 71.8 cm³/mol. The molecule has 0 aliphatic carbocycles. The zero-order valence-electron chi connectivity index (χ0n) is 11.0. The number of rotatable bonds is 1. The molecule has 2 heterocycles. The lowest BCUT2D eigenvalue weighted by Crippen LogP contribution is -2.45. The molecule has 0 aromatic heterocycles. The Bertz CT molecular complexity index is 365.